The summed E-state index contributed by atoms with van der Waals surface area (Å²) in [7, 11) is -3.70. The van der Waals surface area contributed by atoms with Crippen LogP contribution in [0.1, 0.15) is 56.3 Å². The number of likely N-dealkylation sites (tertiary alicyclic amines) is 1. The van der Waals surface area contributed by atoms with Crippen LogP contribution < -0.4 is 0 Å². The van der Waals surface area contributed by atoms with E-state index in [0.717, 1.165) is 18.7 Å². The van der Waals surface area contributed by atoms with Crippen LogP contribution in [0.5, 0.6) is 0 Å². The van der Waals surface area contributed by atoms with Gasteiger partial charge in [0.1, 0.15) is 11.6 Å². The van der Waals surface area contributed by atoms with Gasteiger partial charge in [-0.3, -0.25) is 4.90 Å². The minimum absolute atomic E-state index is 0.0143. The van der Waals surface area contributed by atoms with Crippen molar-refractivity contribution in [3.8, 4) is 0 Å². The summed E-state index contributed by atoms with van der Waals surface area (Å²) >= 11 is 0. The third-order valence-electron chi connectivity index (χ3n) is 5.86. The maximum atomic E-state index is 13.1. The SMILES string of the molecule is O=S(=O)(Cc1noc(C2CC(O)CN2CC2CCCCC2)n1)c1ccc(F)cc1. The second-order valence-electron chi connectivity index (χ2n) is 8.13. The van der Waals surface area contributed by atoms with Gasteiger partial charge in [0.05, 0.1) is 17.0 Å². The molecule has 9 heteroatoms. The molecule has 0 spiro atoms. The van der Waals surface area contributed by atoms with Gasteiger partial charge in [-0.2, -0.15) is 4.98 Å². The van der Waals surface area contributed by atoms with E-state index in [-0.39, 0.29) is 16.8 Å². The largest absolute Gasteiger partial charge is 0.392 e. The fourth-order valence-electron chi connectivity index (χ4n) is 4.40. The van der Waals surface area contributed by atoms with Gasteiger partial charge in [0, 0.05) is 13.1 Å². The molecule has 2 fully saturated rings. The lowest BCUT2D eigenvalue weighted by molar-refractivity contribution is 0.147. The van der Waals surface area contributed by atoms with Crippen LogP contribution in [0, 0.1) is 11.7 Å². The minimum Gasteiger partial charge on any atom is -0.392 e. The molecule has 1 saturated heterocycles. The van der Waals surface area contributed by atoms with Crippen LogP contribution in [-0.4, -0.2) is 47.8 Å². The molecule has 2 heterocycles. The van der Waals surface area contributed by atoms with Gasteiger partial charge in [-0.25, -0.2) is 12.8 Å². The molecule has 1 aromatic carbocycles. The van der Waals surface area contributed by atoms with Crippen molar-refractivity contribution in [3.63, 3.8) is 0 Å². The summed E-state index contributed by atoms with van der Waals surface area (Å²) in [5.41, 5.74) is 0. The Labute approximate surface area is 169 Å². The van der Waals surface area contributed by atoms with Crippen LogP contribution >= 0.6 is 0 Å². The van der Waals surface area contributed by atoms with E-state index in [9.17, 15) is 17.9 Å². The number of hydrogen-bond acceptors (Lipinski definition) is 7. The molecular formula is C20H26FN3O4S. The maximum absolute atomic E-state index is 13.1. The van der Waals surface area contributed by atoms with Gasteiger partial charge in [-0.05, 0) is 49.4 Å². The molecule has 1 aromatic heterocycles. The van der Waals surface area contributed by atoms with Crippen molar-refractivity contribution in [2.75, 3.05) is 13.1 Å². The Kier molecular flexibility index (Phi) is 5.98. The van der Waals surface area contributed by atoms with E-state index < -0.39 is 27.5 Å². The van der Waals surface area contributed by atoms with Gasteiger partial charge in [-0.1, -0.05) is 24.4 Å². The lowest BCUT2D eigenvalue weighted by Gasteiger charge is -2.29. The molecule has 7 nitrogen and oxygen atoms in total. The molecular weight excluding hydrogens is 397 g/mol. The molecule has 158 valence electrons. The van der Waals surface area contributed by atoms with Crippen LogP contribution in [0.15, 0.2) is 33.7 Å². The number of aliphatic hydroxyl groups is 1. The number of hydrogen-bond donors (Lipinski definition) is 1. The van der Waals surface area contributed by atoms with Crippen LogP contribution in [0.3, 0.4) is 0 Å². The summed E-state index contributed by atoms with van der Waals surface area (Å²) in [6.45, 7) is 1.44. The summed E-state index contributed by atoms with van der Waals surface area (Å²) in [4.78, 5) is 6.52. The molecule has 2 aromatic rings. The van der Waals surface area contributed by atoms with Crippen LogP contribution in [0.2, 0.25) is 0 Å². The molecule has 1 aliphatic heterocycles. The number of β-amino-alcohol motifs (C(OH)–C–C–N with tert-alkyl or cyclic N) is 1. The zero-order valence-electron chi connectivity index (χ0n) is 16.2. The van der Waals surface area contributed by atoms with Crippen molar-refractivity contribution in [1.29, 1.82) is 0 Å². The number of halogens is 1. The van der Waals surface area contributed by atoms with Crippen molar-refractivity contribution in [2.24, 2.45) is 5.92 Å². The highest BCUT2D eigenvalue weighted by molar-refractivity contribution is 7.90. The van der Waals surface area contributed by atoms with Crippen molar-refractivity contribution >= 4 is 9.84 Å². The van der Waals surface area contributed by atoms with E-state index in [4.69, 9.17) is 4.52 Å². The molecule has 1 saturated carbocycles. The van der Waals surface area contributed by atoms with E-state index in [1.54, 1.807) is 0 Å². The second-order valence-corrected chi connectivity index (χ2v) is 10.1. The zero-order chi connectivity index (χ0) is 20.4. The van der Waals surface area contributed by atoms with Crippen molar-refractivity contribution in [3.05, 3.63) is 41.8 Å². The summed E-state index contributed by atoms with van der Waals surface area (Å²) < 4.78 is 43.5. The van der Waals surface area contributed by atoms with Crippen LogP contribution in [0.4, 0.5) is 4.39 Å². The Morgan fingerprint density at radius 3 is 2.62 bits per heavy atom. The average Bonchev–Trinajstić information content (AvgIpc) is 3.28. The Morgan fingerprint density at radius 1 is 1.17 bits per heavy atom. The minimum atomic E-state index is -3.70. The third-order valence-corrected chi connectivity index (χ3v) is 7.49. The monoisotopic (exact) mass is 423 g/mol. The van der Waals surface area contributed by atoms with Crippen molar-refractivity contribution in [2.45, 2.75) is 61.3 Å². The molecule has 2 atom stereocenters. The average molecular weight is 424 g/mol. The first-order chi connectivity index (χ1) is 13.9. The smallest absolute Gasteiger partial charge is 0.244 e. The number of aliphatic hydroxyl groups excluding tert-OH is 1. The van der Waals surface area contributed by atoms with Crippen molar-refractivity contribution < 1.29 is 22.4 Å². The molecule has 2 aliphatic rings. The highest BCUT2D eigenvalue weighted by Crippen LogP contribution is 2.34. The molecule has 1 N–H and O–H groups in total. The highest BCUT2D eigenvalue weighted by Gasteiger charge is 2.37. The Balaban J connectivity index is 1.46. The molecule has 4 rings (SSSR count). The van der Waals surface area contributed by atoms with Gasteiger partial charge >= 0.3 is 0 Å². The number of rotatable bonds is 6. The molecule has 0 bridgehead atoms. The first kappa shape index (κ1) is 20.4. The molecule has 1 aliphatic carbocycles. The van der Waals surface area contributed by atoms with E-state index in [2.05, 4.69) is 15.0 Å². The van der Waals surface area contributed by atoms with Gasteiger partial charge < -0.3 is 9.63 Å². The highest BCUT2D eigenvalue weighted by atomic mass is 32.2. The summed E-state index contributed by atoms with van der Waals surface area (Å²) in [5.74, 6) is 0.117. The molecule has 29 heavy (non-hydrogen) atoms. The van der Waals surface area contributed by atoms with Crippen molar-refractivity contribution in [1.82, 2.24) is 15.0 Å². The fraction of sp³-hybridized carbons (Fsp3) is 0.600. The van der Waals surface area contributed by atoms with Crippen LogP contribution in [-0.2, 0) is 15.6 Å². The predicted molar refractivity (Wildman–Crippen MR) is 103 cm³/mol. The Bertz CT molecular complexity index is 925. The topological polar surface area (TPSA) is 96.5 Å². The fourth-order valence-corrected chi connectivity index (χ4v) is 5.57. The number of aromatic nitrogens is 2. The van der Waals surface area contributed by atoms with Gasteiger partial charge in [0.15, 0.2) is 15.7 Å². The Hall–Kier alpha value is -1.84. The number of nitrogens with zero attached hydrogens (tertiary/aromatic N) is 3. The molecule has 0 radical (unpaired) electrons. The van der Waals surface area contributed by atoms with Crippen LogP contribution in [0.25, 0.3) is 0 Å². The first-order valence-corrected chi connectivity index (χ1v) is 11.8. The first-order valence-electron chi connectivity index (χ1n) is 10.1. The second kappa shape index (κ2) is 8.49. The zero-order valence-corrected chi connectivity index (χ0v) is 17.0. The predicted octanol–water partition coefficient (Wildman–Crippen LogP) is 2.87. The third kappa shape index (κ3) is 4.84. The van der Waals surface area contributed by atoms with E-state index in [0.29, 0.717) is 24.8 Å². The quantitative estimate of drug-likeness (QED) is 0.714. The lowest BCUT2D eigenvalue weighted by atomic mass is 9.89. The van der Waals surface area contributed by atoms with Gasteiger partial charge in [0.2, 0.25) is 5.89 Å². The normalized spacial score (nSPS) is 24.2. The summed E-state index contributed by atoms with van der Waals surface area (Å²) in [5, 5.41) is 14.0. The van der Waals surface area contributed by atoms with Gasteiger partial charge in [-0.15, -0.1) is 0 Å². The number of benzene rings is 1. The summed E-state index contributed by atoms with van der Waals surface area (Å²) in [6.07, 6.45) is 6.23. The maximum Gasteiger partial charge on any atom is 0.244 e. The van der Waals surface area contributed by atoms with E-state index in [1.165, 1.54) is 44.2 Å². The molecule has 0 amide bonds. The van der Waals surface area contributed by atoms with E-state index in [1.807, 2.05) is 0 Å². The standard InChI is InChI=1S/C20H26FN3O4S/c21-15-6-8-17(9-7-15)29(26,27)13-19-22-20(28-23-19)18-10-16(25)12-24(18)11-14-4-2-1-3-5-14/h6-9,14,16,18,25H,1-5,10-13H2. The summed E-state index contributed by atoms with van der Waals surface area (Å²) in [6, 6.07) is 4.48. The molecule has 2 unspecified atom stereocenters. The Morgan fingerprint density at radius 2 is 1.90 bits per heavy atom. The number of sulfone groups is 1. The lowest BCUT2D eigenvalue weighted by Crippen LogP contribution is -2.31. The van der Waals surface area contributed by atoms with E-state index >= 15 is 0 Å². The van der Waals surface area contributed by atoms with Gasteiger partial charge in [0.25, 0.3) is 0 Å².